The number of methoxy groups -OCH3 is 2. The van der Waals surface area contributed by atoms with Gasteiger partial charge in [0.15, 0.2) is 23.0 Å². The van der Waals surface area contributed by atoms with Crippen molar-refractivity contribution in [1.29, 1.82) is 0 Å². The van der Waals surface area contributed by atoms with Crippen molar-refractivity contribution in [2.75, 3.05) is 44.9 Å². The van der Waals surface area contributed by atoms with E-state index in [1.165, 1.54) is 24.0 Å². The van der Waals surface area contributed by atoms with Crippen LogP contribution < -0.4 is 28.7 Å². The fourth-order valence-electron chi connectivity index (χ4n) is 5.69. The SMILES string of the molecule is COc1c(OC)c([C@@]2(O)C(=O)N(C)c3ccccc32)c2c(c1[C@@]1(O)C(=O)N(C)c3ccccc31)OCO2. The van der Waals surface area contributed by atoms with Gasteiger partial charge in [0.05, 0.1) is 36.7 Å². The average Bonchev–Trinajstić information content (AvgIpc) is 3.54. The Bertz CT molecular complexity index is 1390. The fraction of sp³-hybridized carbons (Fsp3) is 0.259. The highest BCUT2D eigenvalue weighted by molar-refractivity contribution is 6.12. The number of rotatable bonds is 4. The van der Waals surface area contributed by atoms with Crippen LogP contribution in [0.25, 0.3) is 0 Å². The zero-order chi connectivity index (χ0) is 26.3. The van der Waals surface area contributed by atoms with Crippen LogP contribution >= 0.6 is 0 Å². The smallest absolute Gasteiger partial charge is 0.268 e. The Labute approximate surface area is 212 Å². The van der Waals surface area contributed by atoms with Gasteiger partial charge in [-0.15, -0.1) is 0 Å². The third-order valence-corrected chi connectivity index (χ3v) is 7.40. The van der Waals surface area contributed by atoms with E-state index < -0.39 is 23.0 Å². The van der Waals surface area contributed by atoms with Gasteiger partial charge in [0.25, 0.3) is 11.8 Å². The molecule has 3 aromatic carbocycles. The molecule has 0 aliphatic carbocycles. The Hall–Kier alpha value is -4.28. The van der Waals surface area contributed by atoms with Crippen molar-refractivity contribution in [2.45, 2.75) is 11.2 Å². The number of amides is 2. The standard InChI is InChI=1S/C27H24N2O8/c1-28-16-11-7-5-9-14(16)26(32,24(28)30)18-20(34-3)21(35-4)19(23-22(18)36-13-37-23)27(33)15-10-6-8-12-17(15)29(2)25(27)31/h5-12,32-33H,13H2,1-4H3/t26-,27-/m1/s1. The number of nitrogens with zero attached hydrogens (tertiary/aromatic N) is 2. The minimum atomic E-state index is -2.22. The van der Waals surface area contributed by atoms with E-state index in [1.54, 1.807) is 62.6 Å². The number of anilines is 2. The minimum absolute atomic E-state index is 0.0261. The molecule has 2 atom stereocenters. The molecular formula is C27H24N2O8. The number of carbonyl (C=O) groups is 2. The third-order valence-electron chi connectivity index (χ3n) is 7.40. The zero-order valence-corrected chi connectivity index (χ0v) is 20.6. The number of benzene rings is 3. The second-order valence-corrected chi connectivity index (χ2v) is 9.06. The van der Waals surface area contributed by atoms with E-state index >= 15 is 0 Å². The lowest BCUT2D eigenvalue weighted by Crippen LogP contribution is -2.41. The number of likely N-dealkylation sites (N-methyl/N-ethyl adjacent to an activating group) is 2. The van der Waals surface area contributed by atoms with Gasteiger partial charge in [-0.2, -0.15) is 0 Å². The number of para-hydroxylation sites is 2. The molecule has 6 rings (SSSR count). The van der Waals surface area contributed by atoms with Crippen LogP contribution in [0.15, 0.2) is 48.5 Å². The number of hydrogen-bond acceptors (Lipinski definition) is 8. The summed E-state index contributed by atoms with van der Waals surface area (Å²) in [6.45, 7) is -0.283. The van der Waals surface area contributed by atoms with Crippen molar-refractivity contribution < 1.29 is 38.7 Å². The second-order valence-electron chi connectivity index (χ2n) is 9.06. The Balaban J connectivity index is 1.72. The van der Waals surface area contributed by atoms with E-state index in [-0.39, 0.29) is 40.9 Å². The molecule has 0 radical (unpaired) electrons. The van der Waals surface area contributed by atoms with Crippen LogP contribution in [0.5, 0.6) is 23.0 Å². The number of ether oxygens (including phenoxy) is 4. The first-order valence-corrected chi connectivity index (χ1v) is 11.5. The van der Waals surface area contributed by atoms with Crippen LogP contribution in [0.4, 0.5) is 11.4 Å². The highest BCUT2D eigenvalue weighted by atomic mass is 16.7. The van der Waals surface area contributed by atoms with Gasteiger partial charge in [-0.25, -0.2) is 0 Å². The molecule has 3 heterocycles. The monoisotopic (exact) mass is 504 g/mol. The molecule has 0 fully saturated rings. The largest absolute Gasteiger partial charge is 0.492 e. The van der Waals surface area contributed by atoms with Crippen LogP contribution in [-0.2, 0) is 20.8 Å². The summed E-state index contributed by atoms with van der Waals surface area (Å²) in [6, 6.07) is 13.6. The molecule has 10 heteroatoms. The molecule has 3 aliphatic heterocycles. The normalized spacial score (nSPS) is 23.4. The Morgan fingerprint density at radius 1 is 0.730 bits per heavy atom. The first-order valence-electron chi connectivity index (χ1n) is 11.5. The van der Waals surface area contributed by atoms with Gasteiger partial charge < -0.3 is 39.0 Å². The van der Waals surface area contributed by atoms with Gasteiger partial charge in [-0.05, 0) is 12.1 Å². The molecule has 190 valence electrons. The first kappa shape index (κ1) is 23.1. The van der Waals surface area contributed by atoms with E-state index in [4.69, 9.17) is 18.9 Å². The molecule has 0 aromatic heterocycles. The molecule has 3 aliphatic rings. The highest BCUT2D eigenvalue weighted by Gasteiger charge is 2.59. The van der Waals surface area contributed by atoms with Crippen molar-refractivity contribution in [3.8, 4) is 23.0 Å². The summed E-state index contributed by atoms with van der Waals surface area (Å²) in [5.41, 5.74) is -2.89. The van der Waals surface area contributed by atoms with Gasteiger partial charge in [-0.1, -0.05) is 36.4 Å². The maximum Gasteiger partial charge on any atom is 0.268 e. The maximum atomic E-state index is 13.6. The summed E-state index contributed by atoms with van der Waals surface area (Å²) in [5, 5.41) is 24.2. The van der Waals surface area contributed by atoms with Crippen LogP contribution in [0.3, 0.4) is 0 Å². The van der Waals surface area contributed by atoms with Gasteiger partial charge >= 0.3 is 0 Å². The summed E-state index contributed by atoms with van der Waals surface area (Å²) >= 11 is 0. The summed E-state index contributed by atoms with van der Waals surface area (Å²) in [4.78, 5) is 29.9. The van der Waals surface area contributed by atoms with Gasteiger partial charge in [0.2, 0.25) is 18.0 Å². The van der Waals surface area contributed by atoms with Gasteiger partial charge in [0.1, 0.15) is 0 Å². The van der Waals surface area contributed by atoms with Gasteiger partial charge in [-0.3, -0.25) is 9.59 Å². The lowest BCUT2D eigenvalue weighted by Gasteiger charge is -2.31. The summed E-state index contributed by atoms with van der Waals surface area (Å²) < 4.78 is 23.1. The maximum absolute atomic E-state index is 13.6. The van der Waals surface area contributed by atoms with E-state index in [0.717, 1.165) is 0 Å². The molecule has 0 saturated carbocycles. The molecule has 2 amide bonds. The van der Waals surface area contributed by atoms with E-state index in [1.807, 2.05) is 0 Å². The molecule has 0 spiro atoms. The lowest BCUT2D eigenvalue weighted by molar-refractivity contribution is -0.132. The van der Waals surface area contributed by atoms with E-state index in [2.05, 4.69) is 0 Å². The highest BCUT2D eigenvalue weighted by Crippen LogP contribution is 2.62. The topological polar surface area (TPSA) is 118 Å². The fourth-order valence-corrected chi connectivity index (χ4v) is 5.69. The van der Waals surface area contributed by atoms with Crippen LogP contribution in [0, 0.1) is 0 Å². The lowest BCUT2D eigenvalue weighted by atomic mass is 9.80. The molecule has 10 nitrogen and oxygen atoms in total. The van der Waals surface area contributed by atoms with Crippen LogP contribution in [-0.4, -0.2) is 57.1 Å². The molecule has 3 aromatic rings. The van der Waals surface area contributed by atoms with Crippen molar-refractivity contribution in [3.05, 3.63) is 70.8 Å². The number of aliphatic hydroxyl groups is 2. The number of hydrogen-bond donors (Lipinski definition) is 2. The molecule has 0 saturated heterocycles. The summed E-state index contributed by atoms with van der Waals surface area (Å²) in [6.07, 6.45) is 0. The molecule has 37 heavy (non-hydrogen) atoms. The second kappa shape index (κ2) is 7.61. The van der Waals surface area contributed by atoms with Crippen molar-refractivity contribution in [3.63, 3.8) is 0 Å². The van der Waals surface area contributed by atoms with Crippen LogP contribution in [0.1, 0.15) is 22.3 Å². The number of carbonyl (C=O) groups excluding carboxylic acids is 2. The Morgan fingerprint density at radius 2 is 1.11 bits per heavy atom. The van der Waals surface area contributed by atoms with E-state index in [9.17, 15) is 19.8 Å². The van der Waals surface area contributed by atoms with Crippen LogP contribution in [0.2, 0.25) is 0 Å². The van der Waals surface area contributed by atoms with Crippen molar-refractivity contribution in [2.24, 2.45) is 0 Å². The minimum Gasteiger partial charge on any atom is -0.492 e. The molecule has 2 N–H and O–H groups in total. The van der Waals surface area contributed by atoms with Gasteiger partial charge in [0, 0.05) is 25.2 Å². The Morgan fingerprint density at radius 3 is 1.49 bits per heavy atom. The summed E-state index contributed by atoms with van der Waals surface area (Å²) in [7, 11) is 5.79. The van der Waals surface area contributed by atoms with Crippen molar-refractivity contribution in [1.82, 2.24) is 0 Å². The Kier molecular flexibility index (Phi) is 4.76. The third kappa shape index (κ3) is 2.60. The predicted octanol–water partition coefficient (Wildman–Crippen LogP) is 1.86. The first-order chi connectivity index (χ1) is 17.7. The number of fused-ring (bicyclic) bond motifs is 3. The quantitative estimate of drug-likeness (QED) is 0.553. The van der Waals surface area contributed by atoms with E-state index in [0.29, 0.717) is 22.5 Å². The molecule has 0 unspecified atom stereocenters. The zero-order valence-electron chi connectivity index (χ0n) is 20.6. The molecular weight excluding hydrogens is 480 g/mol. The summed E-state index contributed by atoms with van der Waals surface area (Å²) in [5.74, 6) is -1.48. The average molecular weight is 504 g/mol. The van der Waals surface area contributed by atoms with Crippen molar-refractivity contribution >= 4 is 23.2 Å². The predicted molar refractivity (Wildman–Crippen MR) is 131 cm³/mol. The molecule has 0 bridgehead atoms.